The molecule has 2 rings (SSSR count). The van der Waals surface area contributed by atoms with E-state index < -0.39 is 0 Å². The third kappa shape index (κ3) is 6.02. The van der Waals surface area contributed by atoms with Crippen LogP contribution < -0.4 is 10.6 Å². The lowest BCUT2D eigenvalue weighted by molar-refractivity contribution is -0.116. The second kappa shape index (κ2) is 9.49. The highest BCUT2D eigenvalue weighted by atomic mass is 35.5. The van der Waals surface area contributed by atoms with Crippen molar-refractivity contribution < 1.29 is 9.90 Å². The molecular formula is C17H25ClN4O2. The first-order valence-corrected chi connectivity index (χ1v) is 8.73. The molecule has 0 unspecified atom stereocenters. The number of likely N-dealkylation sites (tertiary alicyclic amines) is 1. The molecule has 0 radical (unpaired) electrons. The number of amides is 1. The van der Waals surface area contributed by atoms with Gasteiger partial charge in [-0.25, -0.2) is 0 Å². The molecule has 6 nitrogen and oxygen atoms in total. The van der Waals surface area contributed by atoms with Crippen LogP contribution in [0.1, 0.15) is 26.2 Å². The molecule has 1 heterocycles. The molecule has 1 atom stereocenters. The molecule has 1 aromatic carbocycles. The SMILES string of the molecule is CCNC(=NCCCC(=O)Nc1ccc(Cl)cc1)N1CC[C@@H](O)C1. The second-order valence-corrected chi connectivity index (χ2v) is 6.22. The average molecular weight is 353 g/mol. The van der Waals surface area contributed by atoms with Gasteiger partial charge >= 0.3 is 0 Å². The summed E-state index contributed by atoms with van der Waals surface area (Å²) in [6, 6.07) is 7.05. The van der Waals surface area contributed by atoms with Gasteiger partial charge < -0.3 is 20.6 Å². The summed E-state index contributed by atoms with van der Waals surface area (Å²) in [5, 5.41) is 16.3. The van der Waals surface area contributed by atoms with Gasteiger partial charge in [0.1, 0.15) is 0 Å². The molecule has 1 aliphatic heterocycles. The molecule has 1 saturated heterocycles. The summed E-state index contributed by atoms with van der Waals surface area (Å²) in [6.45, 7) is 4.79. The van der Waals surface area contributed by atoms with Crippen molar-refractivity contribution in [2.24, 2.45) is 4.99 Å². The van der Waals surface area contributed by atoms with Crippen LogP contribution in [0.25, 0.3) is 0 Å². The smallest absolute Gasteiger partial charge is 0.224 e. The maximum absolute atomic E-state index is 11.9. The van der Waals surface area contributed by atoms with E-state index in [9.17, 15) is 9.90 Å². The molecule has 24 heavy (non-hydrogen) atoms. The Morgan fingerprint density at radius 1 is 1.42 bits per heavy atom. The fourth-order valence-electron chi connectivity index (χ4n) is 2.54. The quantitative estimate of drug-likeness (QED) is 0.416. The van der Waals surface area contributed by atoms with Crippen molar-refractivity contribution in [1.29, 1.82) is 0 Å². The molecule has 1 aliphatic rings. The average Bonchev–Trinajstić information content (AvgIpc) is 2.99. The van der Waals surface area contributed by atoms with Gasteiger partial charge in [0.2, 0.25) is 5.91 Å². The van der Waals surface area contributed by atoms with E-state index in [2.05, 4.69) is 20.5 Å². The minimum absolute atomic E-state index is 0.0332. The number of hydrogen-bond donors (Lipinski definition) is 3. The zero-order valence-electron chi connectivity index (χ0n) is 14.0. The minimum atomic E-state index is -0.279. The van der Waals surface area contributed by atoms with Crippen LogP contribution >= 0.6 is 11.6 Å². The molecular weight excluding hydrogens is 328 g/mol. The number of rotatable bonds is 6. The zero-order valence-corrected chi connectivity index (χ0v) is 14.7. The summed E-state index contributed by atoms with van der Waals surface area (Å²) in [4.78, 5) is 18.5. The van der Waals surface area contributed by atoms with Crippen LogP contribution in [0.15, 0.2) is 29.3 Å². The molecule has 1 aromatic rings. The topological polar surface area (TPSA) is 77.0 Å². The van der Waals surface area contributed by atoms with Crippen LogP contribution in [0.4, 0.5) is 5.69 Å². The van der Waals surface area contributed by atoms with Crippen LogP contribution in [0.5, 0.6) is 0 Å². The van der Waals surface area contributed by atoms with Crippen LogP contribution in [0, 0.1) is 0 Å². The van der Waals surface area contributed by atoms with Crippen molar-refractivity contribution in [1.82, 2.24) is 10.2 Å². The summed E-state index contributed by atoms with van der Waals surface area (Å²) in [6.07, 6.45) is 1.58. The number of guanidine groups is 1. The number of carbonyl (C=O) groups excluding carboxylic acids is 1. The van der Waals surface area contributed by atoms with Crippen LogP contribution in [-0.4, -0.2) is 54.2 Å². The number of nitrogens with one attached hydrogen (secondary N) is 2. The number of aliphatic hydroxyl groups is 1. The molecule has 7 heteroatoms. The molecule has 132 valence electrons. The van der Waals surface area contributed by atoms with E-state index in [4.69, 9.17) is 11.6 Å². The monoisotopic (exact) mass is 352 g/mol. The fraction of sp³-hybridized carbons (Fsp3) is 0.529. The molecule has 0 aliphatic carbocycles. The van der Waals surface area contributed by atoms with Crippen molar-refractivity contribution in [3.8, 4) is 0 Å². The molecule has 3 N–H and O–H groups in total. The first kappa shape index (κ1) is 18.5. The lowest BCUT2D eigenvalue weighted by Crippen LogP contribution is -2.40. The Morgan fingerprint density at radius 2 is 2.17 bits per heavy atom. The number of halogens is 1. The van der Waals surface area contributed by atoms with E-state index in [0.717, 1.165) is 31.2 Å². The van der Waals surface area contributed by atoms with Crippen molar-refractivity contribution in [3.05, 3.63) is 29.3 Å². The van der Waals surface area contributed by atoms with Gasteiger partial charge in [-0.3, -0.25) is 9.79 Å². The van der Waals surface area contributed by atoms with Gasteiger partial charge in [-0.2, -0.15) is 0 Å². The van der Waals surface area contributed by atoms with Gasteiger partial charge in [0, 0.05) is 43.3 Å². The highest BCUT2D eigenvalue weighted by molar-refractivity contribution is 6.30. The first-order chi connectivity index (χ1) is 11.6. The van der Waals surface area contributed by atoms with E-state index in [1.807, 2.05) is 6.92 Å². The number of nitrogens with zero attached hydrogens (tertiary/aromatic N) is 2. The number of β-amino-alcohol motifs (C(OH)–C–C–N with tert-alkyl or cyclic N) is 1. The van der Waals surface area contributed by atoms with Crippen molar-refractivity contribution in [3.63, 3.8) is 0 Å². The lowest BCUT2D eigenvalue weighted by atomic mass is 10.2. The van der Waals surface area contributed by atoms with Gasteiger partial charge in [-0.05, 0) is 44.0 Å². The highest BCUT2D eigenvalue weighted by Gasteiger charge is 2.22. The first-order valence-electron chi connectivity index (χ1n) is 8.35. The van der Waals surface area contributed by atoms with Crippen LogP contribution in [0.3, 0.4) is 0 Å². The number of carbonyl (C=O) groups is 1. The number of hydrogen-bond acceptors (Lipinski definition) is 3. The van der Waals surface area contributed by atoms with E-state index in [1.165, 1.54) is 0 Å². The molecule has 0 spiro atoms. The third-order valence-corrected chi connectivity index (χ3v) is 4.00. The Balaban J connectivity index is 1.74. The second-order valence-electron chi connectivity index (χ2n) is 5.78. The summed E-state index contributed by atoms with van der Waals surface area (Å²) in [7, 11) is 0. The van der Waals surface area contributed by atoms with Gasteiger partial charge in [0.25, 0.3) is 0 Å². The van der Waals surface area contributed by atoms with Crippen LogP contribution in [0.2, 0.25) is 5.02 Å². The maximum Gasteiger partial charge on any atom is 0.224 e. The predicted octanol–water partition coefficient (Wildman–Crippen LogP) is 2.09. The minimum Gasteiger partial charge on any atom is -0.391 e. The van der Waals surface area contributed by atoms with Crippen LogP contribution in [-0.2, 0) is 4.79 Å². The van der Waals surface area contributed by atoms with Gasteiger partial charge in [0.15, 0.2) is 5.96 Å². The molecule has 0 saturated carbocycles. The number of aliphatic hydroxyl groups excluding tert-OH is 1. The summed E-state index contributed by atoms with van der Waals surface area (Å²) >= 11 is 5.82. The number of anilines is 1. The van der Waals surface area contributed by atoms with Crippen molar-refractivity contribution in [2.45, 2.75) is 32.3 Å². The highest BCUT2D eigenvalue weighted by Crippen LogP contribution is 2.14. The van der Waals surface area contributed by atoms with Crippen molar-refractivity contribution >= 4 is 29.2 Å². The van der Waals surface area contributed by atoms with E-state index >= 15 is 0 Å². The lowest BCUT2D eigenvalue weighted by Gasteiger charge is -2.20. The molecule has 1 fully saturated rings. The third-order valence-electron chi connectivity index (χ3n) is 3.75. The largest absolute Gasteiger partial charge is 0.391 e. The van der Waals surface area contributed by atoms with E-state index in [1.54, 1.807) is 24.3 Å². The predicted molar refractivity (Wildman–Crippen MR) is 97.5 cm³/mol. The standard InChI is InChI=1S/C17H25ClN4O2/c1-2-19-17(22-11-9-15(23)12-22)20-10-3-4-16(24)21-14-7-5-13(18)6-8-14/h5-8,15,23H,2-4,9-12H2,1H3,(H,19,20)(H,21,24)/t15-/m1/s1. The fourth-order valence-corrected chi connectivity index (χ4v) is 2.67. The Hall–Kier alpha value is -1.79. The maximum atomic E-state index is 11.9. The summed E-state index contributed by atoms with van der Waals surface area (Å²) < 4.78 is 0. The summed E-state index contributed by atoms with van der Waals surface area (Å²) in [5.41, 5.74) is 0.743. The van der Waals surface area contributed by atoms with Crippen molar-refractivity contribution in [2.75, 3.05) is 31.5 Å². The van der Waals surface area contributed by atoms with E-state index in [-0.39, 0.29) is 12.0 Å². The Bertz CT molecular complexity index is 562. The van der Waals surface area contributed by atoms with Gasteiger partial charge in [0.05, 0.1) is 6.10 Å². The van der Waals surface area contributed by atoms with Gasteiger partial charge in [-0.15, -0.1) is 0 Å². The zero-order chi connectivity index (χ0) is 17.4. The Labute approximate surface area is 147 Å². The normalized spacial score (nSPS) is 17.9. The summed E-state index contributed by atoms with van der Waals surface area (Å²) in [5.74, 6) is 0.779. The van der Waals surface area contributed by atoms with E-state index in [0.29, 0.717) is 31.0 Å². The molecule has 0 aromatic heterocycles. The number of aliphatic imine (C=N–C) groups is 1. The Morgan fingerprint density at radius 3 is 2.79 bits per heavy atom. The van der Waals surface area contributed by atoms with Gasteiger partial charge in [-0.1, -0.05) is 11.6 Å². The number of benzene rings is 1. The molecule has 1 amide bonds. The Kier molecular flexibility index (Phi) is 7.34. The molecule has 0 bridgehead atoms.